The minimum atomic E-state index is -1.20. The number of halogens is 4. The standard InChI is InChI=1S/C24H39Cl2F2N5O2/c1-35-18-5-2-13(3-6-18)21-12-22(33-32-21)30-24(29-17-10-15(25)9-16(27)11-17)31-23(34)14-4-7-19(26)20(28)8-14/h13-22,32-33H,2-12H2,1H3,(H2,29,30,31,34). The van der Waals surface area contributed by atoms with Crippen LogP contribution < -0.4 is 21.5 Å². The molecule has 1 amide bonds. The van der Waals surface area contributed by atoms with Crippen molar-refractivity contribution in [1.82, 2.24) is 21.5 Å². The average molecular weight is 539 g/mol. The van der Waals surface area contributed by atoms with E-state index < -0.39 is 23.6 Å². The Hall–Kier alpha value is -0.740. The average Bonchev–Trinajstić information content (AvgIpc) is 3.28. The number of ether oxygens (including phenoxy) is 1. The molecule has 7 nitrogen and oxygen atoms in total. The van der Waals surface area contributed by atoms with Gasteiger partial charge in [0.05, 0.1) is 11.5 Å². The molecule has 1 heterocycles. The maximum Gasteiger partial charge on any atom is 0.229 e. The summed E-state index contributed by atoms with van der Waals surface area (Å²) in [6.07, 6.45) is 5.31. The highest BCUT2D eigenvalue weighted by atomic mass is 35.5. The lowest BCUT2D eigenvalue weighted by Gasteiger charge is -2.31. The van der Waals surface area contributed by atoms with Gasteiger partial charge >= 0.3 is 0 Å². The SMILES string of the molecule is COC1CCC(C2CC(/N=C(/NC(=O)C3CCC(Cl)C(F)C3)NC3CC(F)CC(Cl)C3)NN2)CC1. The summed E-state index contributed by atoms with van der Waals surface area (Å²) in [6, 6.07) is 0.0456. The first-order valence-electron chi connectivity index (χ1n) is 13.1. The van der Waals surface area contributed by atoms with Gasteiger partial charge in [0.25, 0.3) is 0 Å². The fraction of sp³-hybridized carbons (Fsp3) is 0.917. The van der Waals surface area contributed by atoms with Gasteiger partial charge in [-0.3, -0.25) is 15.5 Å². The van der Waals surface area contributed by atoms with E-state index in [0.29, 0.717) is 50.1 Å². The van der Waals surface area contributed by atoms with E-state index in [1.165, 1.54) is 0 Å². The normalized spacial score (nSPS) is 43.1. The van der Waals surface area contributed by atoms with Gasteiger partial charge in [-0.05, 0) is 70.1 Å². The topological polar surface area (TPSA) is 86.8 Å². The van der Waals surface area contributed by atoms with Gasteiger partial charge in [0.1, 0.15) is 18.5 Å². The van der Waals surface area contributed by atoms with Crippen molar-refractivity contribution < 1.29 is 18.3 Å². The molecule has 35 heavy (non-hydrogen) atoms. The van der Waals surface area contributed by atoms with Crippen molar-refractivity contribution in [2.24, 2.45) is 16.8 Å². The van der Waals surface area contributed by atoms with Crippen LogP contribution in [0.1, 0.15) is 70.6 Å². The second-order valence-electron chi connectivity index (χ2n) is 10.7. The summed E-state index contributed by atoms with van der Waals surface area (Å²) >= 11 is 12.2. The Balaban J connectivity index is 1.39. The third kappa shape index (κ3) is 7.63. The van der Waals surface area contributed by atoms with E-state index in [1.54, 1.807) is 7.11 Å². The molecule has 0 aromatic heterocycles. The number of carbonyl (C=O) groups is 1. The Bertz CT molecular complexity index is 733. The van der Waals surface area contributed by atoms with Crippen LogP contribution in [0.15, 0.2) is 4.99 Å². The largest absolute Gasteiger partial charge is 0.381 e. The Morgan fingerprint density at radius 3 is 2.43 bits per heavy atom. The van der Waals surface area contributed by atoms with Crippen LogP contribution in [0.3, 0.4) is 0 Å². The lowest BCUT2D eigenvalue weighted by atomic mass is 9.82. The van der Waals surface area contributed by atoms with E-state index in [-0.39, 0.29) is 36.0 Å². The monoisotopic (exact) mass is 537 g/mol. The predicted octanol–water partition coefficient (Wildman–Crippen LogP) is 3.69. The molecule has 4 N–H and O–H groups in total. The highest BCUT2D eigenvalue weighted by molar-refractivity contribution is 6.21. The molecule has 0 bridgehead atoms. The van der Waals surface area contributed by atoms with Crippen LogP contribution in [0.5, 0.6) is 0 Å². The Morgan fingerprint density at radius 2 is 1.74 bits per heavy atom. The highest BCUT2D eigenvalue weighted by Crippen LogP contribution is 2.32. The number of alkyl halides is 4. The molecule has 11 heteroatoms. The van der Waals surface area contributed by atoms with Crippen LogP contribution >= 0.6 is 23.2 Å². The molecule has 8 atom stereocenters. The second kappa shape index (κ2) is 12.7. The first-order valence-corrected chi connectivity index (χ1v) is 13.9. The third-order valence-corrected chi connectivity index (χ3v) is 8.91. The van der Waals surface area contributed by atoms with Gasteiger partial charge in [-0.1, -0.05) is 0 Å². The van der Waals surface area contributed by atoms with Crippen molar-refractivity contribution in [2.45, 2.75) is 118 Å². The zero-order valence-corrected chi connectivity index (χ0v) is 21.8. The maximum absolute atomic E-state index is 14.1. The summed E-state index contributed by atoms with van der Waals surface area (Å²) in [5.74, 6) is 0.0868. The first kappa shape index (κ1) is 27.3. The number of hydrogen-bond donors (Lipinski definition) is 4. The number of carbonyl (C=O) groups excluding carboxylic acids is 1. The summed E-state index contributed by atoms with van der Waals surface area (Å²) in [5, 5.41) is 5.30. The van der Waals surface area contributed by atoms with Gasteiger partial charge in [0.15, 0.2) is 5.96 Å². The van der Waals surface area contributed by atoms with Gasteiger partial charge in [0, 0.05) is 36.9 Å². The number of methoxy groups -OCH3 is 1. The maximum atomic E-state index is 14.1. The van der Waals surface area contributed by atoms with Gasteiger partial charge < -0.3 is 10.1 Å². The van der Waals surface area contributed by atoms with Crippen LogP contribution in [-0.2, 0) is 9.53 Å². The molecule has 3 saturated carbocycles. The smallest absolute Gasteiger partial charge is 0.229 e. The molecular formula is C24H39Cl2F2N5O2. The molecule has 1 aliphatic heterocycles. The summed E-state index contributed by atoms with van der Waals surface area (Å²) in [7, 11) is 1.77. The number of guanidine groups is 1. The Morgan fingerprint density at radius 1 is 0.971 bits per heavy atom. The van der Waals surface area contributed by atoms with Gasteiger partial charge in [-0.15, -0.1) is 23.2 Å². The van der Waals surface area contributed by atoms with E-state index in [2.05, 4.69) is 21.5 Å². The van der Waals surface area contributed by atoms with Crippen molar-refractivity contribution in [3.8, 4) is 0 Å². The molecule has 0 aromatic carbocycles. The Kier molecular flexibility index (Phi) is 9.89. The number of aliphatic imine (C=N–C) groups is 1. The number of hydrogen-bond acceptors (Lipinski definition) is 5. The fourth-order valence-electron chi connectivity index (χ4n) is 5.98. The van der Waals surface area contributed by atoms with E-state index in [9.17, 15) is 13.6 Å². The van der Waals surface area contributed by atoms with Gasteiger partial charge in [0.2, 0.25) is 5.91 Å². The summed E-state index contributed by atoms with van der Waals surface area (Å²) in [6.45, 7) is 0. The van der Waals surface area contributed by atoms with Gasteiger partial charge in [-0.2, -0.15) is 0 Å². The van der Waals surface area contributed by atoms with Crippen LogP contribution in [0.25, 0.3) is 0 Å². The summed E-state index contributed by atoms with van der Waals surface area (Å²) in [5.41, 5.74) is 6.62. The minimum Gasteiger partial charge on any atom is -0.381 e. The molecule has 3 aliphatic carbocycles. The summed E-state index contributed by atoms with van der Waals surface area (Å²) in [4.78, 5) is 17.7. The highest BCUT2D eigenvalue weighted by Gasteiger charge is 2.36. The summed E-state index contributed by atoms with van der Waals surface area (Å²) < 4.78 is 33.8. The molecule has 4 rings (SSSR count). The van der Waals surface area contributed by atoms with E-state index in [4.69, 9.17) is 32.9 Å². The third-order valence-electron chi connectivity index (χ3n) is 8.06. The van der Waals surface area contributed by atoms with Crippen LogP contribution in [0, 0.1) is 11.8 Å². The number of nitrogens with zero attached hydrogens (tertiary/aromatic N) is 1. The van der Waals surface area contributed by atoms with Crippen molar-refractivity contribution in [1.29, 1.82) is 0 Å². The zero-order valence-electron chi connectivity index (χ0n) is 20.3. The van der Waals surface area contributed by atoms with Crippen molar-refractivity contribution in [3.05, 3.63) is 0 Å². The quantitative estimate of drug-likeness (QED) is 0.244. The lowest BCUT2D eigenvalue weighted by molar-refractivity contribution is -0.125. The molecule has 0 radical (unpaired) electrons. The van der Waals surface area contributed by atoms with Crippen molar-refractivity contribution in [3.63, 3.8) is 0 Å². The molecule has 4 fully saturated rings. The van der Waals surface area contributed by atoms with Crippen molar-refractivity contribution >= 4 is 35.1 Å². The molecule has 0 spiro atoms. The minimum absolute atomic E-state index is 0.0997. The van der Waals surface area contributed by atoms with Crippen molar-refractivity contribution in [2.75, 3.05) is 7.11 Å². The lowest BCUT2D eigenvalue weighted by Crippen LogP contribution is -2.51. The fourth-order valence-corrected chi connectivity index (χ4v) is 6.61. The number of rotatable bonds is 5. The number of hydrazine groups is 1. The van der Waals surface area contributed by atoms with Gasteiger partial charge in [-0.25, -0.2) is 19.2 Å². The Labute approximate surface area is 216 Å². The predicted molar refractivity (Wildman–Crippen MR) is 134 cm³/mol. The molecule has 1 saturated heterocycles. The van der Waals surface area contributed by atoms with Crippen LogP contribution in [-0.4, -0.2) is 66.4 Å². The number of nitrogens with one attached hydrogen (secondary N) is 4. The van der Waals surface area contributed by atoms with E-state index >= 15 is 0 Å². The van der Waals surface area contributed by atoms with Crippen LogP contribution in [0.4, 0.5) is 8.78 Å². The van der Waals surface area contributed by atoms with E-state index in [0.717, 1.165) is 32.1 Å². The number of amides is 1. The molecule has 8 unspecified atom stereocenters. The molecule has 0 aromatic rings. The first-order chi connectivity index (χ1) is 16.8. The second-order valence-corrected chi connectivity index (χ2v) is 11.8. The molecule has 4 aliphatic rings. The molecular weight excluding hydrogens is 499 g/mol. The van der Waals surface area contributed by atoms with Crippen LogP contribution in [0.2, 0.25) is 0 Å². The van der Waals surface area contributed by atoms with E-state index in [1.807, 2.05) is 0 Å². The molecule has 200 valence electrons. The zero-order chi connectivity index (χ0) is 24.9.